The Balaban J connectivity index is 1.55. The van der Waals surface area contributed by atoms with Crippen molar-refractivity contribution in [2.24, 2.45) is 0 Å². The first kappa shape index (κ1) is 23.4. The third-order valence-electron chi connectivity index (χ3n) is 6.08. The van der Waals surface area contributed by atoms with Crippen LogP contribution in [0.1, 0.15) is 28.1 Å². The summed E-state index contributed by atoms with van der Waals surface area (Å²) >= 11 is 0. The van der Waals surface area contributed by atoms with Gasteiger partial charge in [0.2, 0.25) is 0 Å². The van der Waals surface area contributed by atoms with Crippen LogP contribution in [0, 0.1) is 19.7 Å². The molecule has 1 aromatic carbocycles. The molecule has 33 heavy (non-hydrogen) atoms. The molecule has 0 aliphatic carbocycles. The topological polar surface area (TPSA) is 108 Å². The van der Waals surface area contributed by atoms with Gasteiger partial charge in [-0.1, -0.05) is 0 Å². The fourth-order valence-corrected chi connectivity index (χ4v) is 5.60. The van der Waals surface area contributed by atoms with Gasteiger partial charge in [0, 0.05) is 30.9 Å². The molecule has 0 atom stereocenters. The number of hydrogen-bond donors (Lipinski definition) is 2. The van der Waals surface area contributed by atoms with Crippen LogP contribution in [0.3, 0.4) is 0 Å². The van der Waals surface area contributed by atoms with E-state index < -0.39 is 52.9 Å². The summed E-state index contributed by atoms with van der Waals surface area (Å²) in [7, 11) is -4.28. The van der Waals surface area contributed by atoms with Crippen LogP contribution in [0.5, 0.6) is 5.75 Å². The molecule has 0 spiro atoms. The zero-order valence-corrected chi connectivity index (χ0v) is 18.9. The maximum absolute atomic E-state index is 15.4. The fraction of sp³-hybridized carbons (Fsp3) is 0.500. The van der Waals surface area contributed by atoms with E-state index in [9.17, 15) is 27.1 Å². The smallest absolute Gasteiger partial charge is 0.326 e. The highest BCUT2D eigenvalue weighted by molar-refractivity contribution is 7.92. The van der Waals surface area contributed by atoms with Gasteiger partial charge in [-0.2, -0.15) is 13.5 Å². The van der Waals surface area contributed by atoms with Crippen molar-refractivity contribution in [1.29, 1.82) is 0 Å². The largest absolute Gasteiger partial charge is 0.506 e. The SMILES string of the molecule is Cc1nn(CC(F)F)c(C)c1CCN1CCc2cc(O)c(N3CC(=O)NS3(=O)=O)c(F)c2C1. The highest BCUT2D eigenvalue weighted by Crippen LogP contribution is 2.39. The predicted molar refractivity (Wildman–Crippen MR) is 113 cm³/mol. The van der Waals surface area contributed by atoms with Crippen LogP contribution in [-0.2, 0) is 40.9 Å². The highest BCUT2D eigenvalue weighted by Gasteiger charge is 2.39. The quantitative estimate of drug-likeness (QED) is 0.638. The van der Waals surface area contributed by atoms with Gasteiger partial charge in [-0.25, -0.2) is 22.2 Å². The molecule has 2 aliphatic rings. The minimum atomic E-state index is -4.28. The van der Waals surface area contributed by atoms with Gasteiger partial charge in [0.15, 0.2) is 5.82 Å². The molecule has 3 heterocycles. The number of fused-ring (bicyclic) bond motifs is 1. The molecule has 13 heteroatoms. The molecule has 4 rings (SSSR count). The average Bonchev–Trinajstić information content (AvgIpc) is 3.13. The maximum Gasteiger partial charge on any atom is 0.326 e. The number of halogens is 3. The number of benzene rings is 1. The van der Waals surface area contributed by atoms with Gasteiger partial charge in [-0.15, -0.1) is 0 Å². The van der Waals surface area contributed by atoms with Crippen LogP contribution in [0.4, 0.5) is 18.9 Å². The Labute approximate surface area is 189 Å². The van der Waals surface area contributed by atoms with E-state index in [1.165, 1.54) is 10.7 Å². The Bertz CT molecular complexity index is 1220. The zero-order valence-electron chi connectivity index (χ0n) is 18.1. The molecule has 2 aliphatic heterocycles. The number of phenolic OH excluding ortho intramolecular Hbond substituents is 1. The monoisotopic (exact) mass is 487 g/mol. The second-order valence-electron chi connectivity index (χ2n) is 8.23. The summed E-state index contributed by atoms with van der Waals surface area (Å²) in [5.41, 5.74) is 2.47. The number of aromatic nitrogens is 2. The average molecular weight is 488 g/mol. The number of aryl methyl sites for hydroxylation is 1. The molecule has 180 valence electrons. The van der Waals surface area contributed by atoms with Gasteiger partial charge in [-0.05, 0) is 43.9 Å². The normalized spacial score (nSPS) is 18.1. The second-order valence-corrected chi connectivity index (χ2v) is 9.83. The van der Waals surface area contributed by atoms with Gasteiger partial charge in [-0.3, -0.25) is 14.4 Å². The Morgan fingerprint density at radius 3 is 2.64 bits per heavy atom. The van der Waals surface area contributed by atoms with E-state index >= 15 is 4.39 Å². The minimum absolute atomic E-state index is 0.174. The first-order chi connectivity index (χ1) is 15.5. The van der Waals surface area contributed by atoms with E-state index in [-0.39, 0.29) is 12.1 Å². The van der Waals surface area contributed by atoms with Gasteiger partial charge in [0.25, 0.3) is 12.3 Å². The van der Waals surface area contributed by atoms with E-state index in [2.05, 4.69) is 5.10 Å². The van der Waals surface area contributed by atoms with E-state index in [0.717, 1.165) is 5.56 Å². The van der Waals surface area contributed by atoms with Crippen LogP contribution in [0.15, 0.2) is 6.07 Å². The second kappa shape index (κ2) is 8.52. The van der Waals surface area contributed by atoms with Gasteiger partial charge >= 0.3 is 10.2 Å². The van der Waals surface area contributed by atoms with Crippen molar-refractivity contribution in [1.82, 2.24) is 19.4 Å². The van der Waals surface area contributed by atoms with Crippen molar-refractivity contribution in [3.05, 3.63) is 40.0 Å². The number of alkyl halides is 2. The van der Waals surface area contributed by atoms with Crippen molar-refractivity contribution in [3.63, 3.8) is 0 Å². The van der Waals surface area contributed by atoms with Gasteiger partial charge < -0.3 is 5.11 Å². The molecular weight excluding hydrogens is 463 g/mol. The summed E-state index contributed by atoms with van der Waals surface area (Å²) in [4.78, 5) is 13.5. The van der Waals surface area contributed by atoms with Crippen molar-refractivity contribution < 1.29 is 31.5 Å². The van der Waals surface area contributed by atoms with E-state index in [0.29, 0.717) is 47.2 Å². The summed E-state index contributed by atoms with van der Waals surface area (Å²) in [6.07, 6.45) is -1.54. The van der Waals surface area contributed by atoms with E-state index in [1.54, 1.807) is 18.6 Å². The van der Waals surface area contributed by atoms with Crippen molar-refractivity contribution in [2.75, 3.05) is 23.9 Å². The Morgan fingerprint density at radius 1 is 1.27 bits per heavy atom. The number of aromatic hydroxyl groups is 1. The van der Waals surface area contributed by atoms with Crippen LogP contribution in [0.2, 0.25) is 0 Å². The lowest BCUT2D eigenvalue weighted by atomic mass is 9.97. The number of hydrogen-bond acceptors (Lipinski definition) is 6. The molecule has 1 fully saturated rings. The standard InChI is InChI=1S/C20H24F3N5O4S/c1-11-14(12(2)27(24-11)9-17(21)22)4-6-26-5-3-13-7-16(29)20(19(23)15(13)8-26)28-10-18(30)25-33(28,31)32/h7,17,29H,3-6,8-10H2,1-2H3,(H,25,30). The summed E-state index contributed by atoms with van der Waals surface area (Å²) in [5.74, 6) is -2.24. The number of nitrogens with one attached hydrogen (secondary N) is 1. The lowest BCUT2D eigenvalue weighted by Gasteiger charge is -2.30. The number of amides is 1. The van der Waals surface area contributed by atoms with Crippen molar-refractivity contribution >= 4 is 21.8 Å². The third-order valence-corrected chi connectivity index (χ3v) is 7.46. The lowest BCUT2D eigenvalue weighted by molar-refractivity contribution is -0.117. The summed E-state index contributed by atoms with van der Waals surface area (Å²) in [6.45, 7) is 3.68. The van der Waals surface area contributed by atoms with E-state index in [1.807, 2.05) is 4.90 Å². The van der Waals surface area contributed by atoms with Crippen molar-refractivity contribution in [3.8, 4) is 5.75 Å². The summed E-state index contributed by atoms with van der Waals surface area (Å²) < 4.78 is 68.8. The maximum atomic E-state index is 15.4. The molecule has 9 nitrogen and oxygen atoms in total. The van der Waals surface area contributed by atoms with Crippen LogP contribution in [0.25, 0.3) is 0 Å². The molecular formula is C20H24F3N5O4S. The highest BCUT2D eigenvalue weighted by atomic mass is 32.2. The Hall–Kier alpha value is -2.80. The number of rotatable bonds is 6. The van der Waals surface area contributed by atoms with E-state index in [4.69, 9.17) is 0 Å². The van der Waals surface area contributed by atoms with Gasteiger partial charge in [0.1, 0.15) is 24.5 Å². The molecule has 0 unspecified atom stereocenters. The van der Waals surface area contributed by atoms with Crippen molar-refractivity contribution in [2.45, 2.75) is 46.2 Å². The molecule has 1 aromatic heterocycles. The Kier molecular flexibility index (Phi) is 6.03. The molecule has 1 saturated heterocycles. The van der Waals surface area contributed by atoms with Crippen LogP contribution < -0.4 is 9.03 Å². The molecule has 1 amide bonds. The molecule has 2 aromatic rings. The van der Waals surface area contributed by atoms with Crippen LogP contribution >= 0.6 is 0 Å². The molecule has 0 bridgehead atoms. The zero-order chi connectivity index (χ0) is 24.1. The molecule has 0 saturated carbocycles. The third kappa shape index (κ3) is 4.38. The summed E-state index contributed by atoms with van der Waals surface area (Å²) in [5, 5.41) is 14.5. The Morgan fingerprint density at radius 2 is 2.00 bits per heavy atom. The molecule has 2 N–H and O–H groups in total. The first-order valence-corrected chi connectivity index (χ1v) is 11.8. The fourth-order valence-electron chi connectivity index (χ4n) is 4.44. The summed E-state index contributed by atoms with van der Waals surface area (Å²) in [6, 6.07) is 1.34. The molecule has 0 radical (unpaired) electrons. The predicted octanol–water partition coefficient (Wildman–Crippen LogP) is 1.39. The minimum Gasteiger partial charge on any atom is -0.506 e. The number of carbonyl (C=O) groups is 1. The number of nitrogens with zero attached hydrogens (tertiary/aromatic N) is 4. The number of anilines is 1. The van der Waals surface area contributed by atoms with Crippen LogP contribution in [-0.4, -0.2) is 60.2 Å². The first-order valence-electron chi connectivity index (χ1n) is 10.4. The number of carbonyl (C=O) groups excluding carboxylic acids is 1. The number of phenols is 1. The lowest BCUT2D eigenvalue weighted by Crippen LogP contribution is -2.34. The van der Waals surface area contributed by atoms with Gasteiger partial charge in [0.05, 0.1) is 5.69 Å².